The summed E-state index contributed by atoms with van der Waals surface area (Å²) in [5.74, 6) is 0.543. The van der Waals surface area contributed by atoms with Crippen LogP contribution < -0.4 is 5.32 Å². The number of hydrogen-bond acceptors (Lipinski definition) is 3. The maximum atomic E-state index is 12.8. The van der Waals surface area contributed by atoms with Crippen molar-refractivity contribution in [3.05, 3.63) is 94.5 Å². The number of hydrogen-bond donors (Lipinski definition) is 2. The van der Waals surface area contributed by atoms with Crippen molar-refractivity contribution in [2.24, 2.45) is 0 Å². The molecule has 2 heterocycles. The highest BCUT2D eigenvalue weighted by molar-refractivity contribution is 9.10. The number of imidazole rings is 1. The average molecular weight is 421 g/mol. The van der Waals surface area contributed by atoms with Gasteiger partial charge >= 0.3 is 0 Å². The first-order valence-electron chi connectivity index (χ1n) is 8.59. The Bertz CT molecular complexity index is 1040. The molecule has 1 unspecified atom stereocenters. The third-order valence-electron chi connectivity index (χ3n) is 4.29. The lowest BCUT2D eigenvalue weighted by molar-refractivity contribution is 0.0934. The van der Waals surface area contributed by atoms with E-state index in [1.165, 1.54) is 0 Å². The van der Waals surface area contributed by atoms with Gasteiger partial charge in [0.05, 0.1) is 22.6 Å². The van der Waals surface area contributed by atoms with Crippen LogP contribution in [0.3, 0.4) is 0 Å². The molecule has 2 aromatic heterocycles. The van der Waals surface area contributed by atoms with E-state index in [9.17, 15) is 4.79 Å². The molecule has 0 aliphatic carbocycles. The smallest absolute Gasteiger partial charge is 0.253 e. The van der Waals surface area contributed by atoms with Crippen LogP contribution in [0.1, 0.15) is 27.8 Å². The van der Waals surface area contributed by atoms with E-state index in [1.807, 2.05) is 54.6 Å². The molecule has 0 spiro atoms. The van der Waals surface area contributed by atoms with Crippen LogP contribution in [0, 0.1) is 0 Å². The average Bonchev–Trinajstić information content (AvgIpc) is 3.12. The first-order valence-corrected chi connectivity index (χ1v) is 9.38. The maximum Gasteiger partial charge on any atom is 0.253 e. The number of benzene rings is 2. The summed E-state index contributed by atoms with van der Waals surface area (Å²) in [5, 5.41) is 3.09. The van der Waals surface area contributed by atoms with E-state index in [4.69, 9.17) is 0 Å². The Morgan fingerprint density at radius 2 is 1.85 bits per heavy atom. The Morgan fingerprint density at radius 1 is 1.07 bits per heavy atom. The van der Waals surface area contributed by atoms with Crippen molar-refractivity contribution < 1.29 is 4.79 Å². The van der Waals surface area contributed by atoms with Gasteiger partial charge in [0.15, 0.2) is 0 Å². The molecule has 2 aromatic carbocycles. The Hall–Kier alpha value is -2.99. The molecule has 0 aliphatic heterocycles. The van der Waals surface area contributed by atoms with Crippen molar-refractivity contribution in [3.63, 3.8) is 0 Å². The van der Waals surface area contributed by atoms with Crippen LogP contribution >= 0.6 is 15.9 Å². The lowest BCUT2D eigenvalue weighted by atomic mass is 10.0. The fourth-order valence-electron chi connectivity index (χ4n) is 2.98. The lowest BCUT2D eigenvalue weighted by Gasteiger charge is -2.17. The molecular weight excluding hydrogens is 404 g/mol. The molecule has 6 heteroatoms. The number of aromatic nitrogens is 3. The van der Waals surface area contributed by atoms with Gasteiger partial charge in [-0.15, -0.1) is 0 Å². The summed E-state index contributed by atoms with van der Waals surface area (Å²) in [6.07, 6.45) is 3.84. The van der Waals surface area contributed by atoms with Crippen LogP contribution in [0.2, 0.25) is 0 Å². The second-order valence-electron chi connectivity index (χ2n) is 6.25. The number of H-pyrrole nitrogens is 1. The minimum atomic E-state index is -0.286. The standard InChI is InChI=1S/C21H17BrN4O/c22-16-11-15(12-23-13-16)21(27)26-19(10-14-6-2-1-3-7-14)20-24-17-8-4-5-9-18(17)25-20/h1-9,11-13,19H,10H2,(H,24,25)(H,26,27). The Labute approximate surface area is 165 Å². The molecule has 0 saturated carbocycles. The zero-order valence-corrected chi connectivity index (χ0v) is 16.0. The van der Waals surface area contributed by atoms with Crippen molar-refractivity contribution in [3.8, 4) is 0 Å². The summed E-state index contributed by atoms with van der Waals surface area (Å²) >= 11 is 3.36. The SMILES string of the molecule is O=C(NC(Cc1ccccc1)c1nc2ccccc2[nH]1)c1cncc(Br)c1. The van der Waals surface area contributed by atoms with Gasteiger partial charge in [0.1, 0.15) is 5.82 Å². The number of para-hydroxylation sites is 2. The van der Waals surface area contributed by atoms with Gasteiger partial charge in [-0.2, -0.15) is 0 Å². The predicted molar refractivity (Wildman–Crippen MR) is 108 cm³/mol. The second kappa shape index (κ2) is 7.72. The number of pyridine rings is 1. The van der Waals surface area contributed by atoms with Gasteiger partial charge in [0.2, 0.25) is 0 Å². The summed E-state index contributed by atoms with van der Waals surface area (Å²) in [6, 6.07) is 19.4. The molecule has 1 amide bonds. The van der Waals surface area contributed by atoms with Gasteiger partial charge in [0.25, 0.3) is 5.91 Å². The van der Waals surface area contributed by atoms with Crippen molar-refractivity contribution >= 4 is 32.9 Å². The van der Waals surface area contributed by atoms with E-state index in [0.29, 0.717) is 12.0 Å². The number of carbonyl (C=O) groups excluding carboxylic acids is 1. The fourth-order valence-corrected chi connectivity index (χ4v) is 3.35. The number of nitrogens with one attached hydrogen (secondary N) is 2. The van der Waals surface area contributed by atoms with Crippen molar-refractivity contribution in [1.29, 1.82) is 0 Å². The molecule has 0 fully saturated rings. The number of fused-ring (bicyclic) bond motifs is 1. The number of amides is 1. The third-order valence-corrected chi connectivity index (χ3v) is 4.73. The number of aromatic amines is 1. The third kappa shape index (κ3) is 4.06. The molecule has 0 bridgehead atoms. The van der Waals surface area contributed by atoms with E-state index in [-0.39, 0.29) is 11.9 Å². The number of nitrogens with zero attached hydrogens (tertiary/aromatic N) is 2. The van der Waals surface area contributed by atoms with Gasteiger partial charge in [-0.3, -0.25) is 9.78 Å². The van der Waals surface area contributed by atoms with E-state index in [0.717, 1.165) is 26.9 Å². The van der Waals surface area contributed by atoms with Crippen LogP contribution in [0.4, 0.5) is 0 Å². The van der Waals surface area contributed by atoms with Gasteiger partial charge in [-0.05, 0) is 46.1 Å². The summed E-state index contributed by atoms with van der Waals surface area (Å²) in [5.41, 5.74) is 3.45. The van der Waals surface area contributed by atoms with Crippen LogP contribution in [-0.2, 0) is 6.42 Å². The number of rotatable bonds is 5. The molecule has 1 atom stereocenters. The van der Waals surface area contributed by atoms with E-state index in [1.54, 1.807) is 18.5 Å². The highest BCUT2D eigenvalue weighted by Gasteiger charge is 2.20. The molecule has 5 nitrogen and oxygen atoms in total. The molecular formula is C21H17BrN4O. The second-order valence-corrected chi connectivity index (χ2v) is 7.16. The van der Waals surface area contributed by atoms with Crippen molar-refractivity contribution in [1.82, 2.24) is 20.3 Å². The van der Waals surface area contributed by atoms with Crippen LogP contribution in [0.25, 0.3) is 11.0 Å². The van der Waals surface area contributed by atoms with E-state index < -0.39 is 0 Å². The zero-order valence-electron chi connectivity index (χ0n) is 14.4. The monoisotopic (exact) mass is 420 g/mol. The van der Waals surface area contributed by atoms with Gasteiger partial charge < -0.3 is 10.3 Å². The van der Waals surface area contributed by atoms with Gasteiger partial charge in [0, 0.05) is 16.9 Å². The Morgan fingerprint density at radius 3 is 2.63 bits per heavy atom. The first kappa shape index (κ1) is 17.4. The summed E-state index contributed by atoms with van der Waals surface area (Å²) in [7, 11) is 0. The minimum Gasteiger partial charge on any atom is -0.342 e. The van der Waals surface area contributed by atoms with Crippen molar-refractivity contribution in [2.75, 3.05) is 0 Å². The Balaban J connectivity index is 1.66. The van der Waals surface area contributed by atoms with E-state index in [2.05, 4.69) is 36.2 Å². The highest BCUT2D eigenvalue weighted by Crippen LogP contribution is 2.21. The number of halogens is 1. The van der Waals surface area contributed by atoms with Gasteiger partial charge in [-0.25, -0.2) is 4.98 Å². The molecule has 4 rings (SSSR count). The summed E-state index contributed by atoms with van der Waals surface area (Å²) < 4.78 is 0.762. The fraction of sp³-hybridized carbons (Fsp3) is 0.0952. The van der Waals surface area contributed by atoms with E-state index >= 15 is 0 Å². The number of carbonyl (C=O) groups is 1. The summed E-state index contributed by atoms with van der Waals surface area (Å²) in [6.45, 7) is 0. The van der Waals surface area contributed by atoms with Crippen LogP contribution in [-0.4, -0.2) is 20.9 Å². The Kier molecular flexibility index (Phi) is 4.98. The molecule has 0 saturated heterocycles. The maximum absolute atomic E-state index is 12.8. The van der Waals surface area contributed by atoms with Crippen LogP contribution in [0.15, 0.2) is 77.5 Å². The predicted octanol–water partition coefficient (Wildman–Crippen LogP) is 4.43. The normalized spacial score (nSPS) is 12.0. The molecule has 0 aliphatic rings. The molecule has 2 N–H and O–H groups in total. The van der Waals surface area contributed by atoms with Crippen LogP contribution in [0.5, 0.6) is 0 Å². The van der Waals surface area contributed by atoms with Gasteiger partial charge in [-0.1, -0.05) is 42.5 Å². The first-order chi connectivity index (χ1) is 13.2. The van der Waals surface area contributed by atoms with Crippen molar-refractivity contribution in [2.45, 2.75) is 12.5 Å². The molecule has 4 aromatic rings. The quantitative estimate of drug-likeness (QED) is 0.501. The molecule has 134 valence electrons. The molecule has 27 heavy (non-hydrogen) atoms. The highest BCUT2D eigenvalue weighted by atomic mass is 79.9. The lowest BCUT2D eigenvalue weighted by Crippen LogP contribution is -2.30. The minimum absolute atomic E-state index is 0.190. The topological polar surface area (TPSA) is 70.7 Å². The largest absolute Gasteiger partial charge is 0.342 e. The summed E-state index contributed by atoms with van der Waals surface area (Å²) in [4.78, 5) is 24.9. The molecule has 0 radical (unpaired) electrons. The zero-order chi connectivity index (χ0) is 18.6.